The topological polar surface area (TPSA) is 157 Å². The van der Waals surface area contributed by atoms with Crippen LogP contribution in [-0.2, 0) is 0 Å². The van der Waals surface area contributed by atoms with Crippen LogP contribution in [0.2, 0.25) is 0 Å². The average Bonchev–Trinajstić information content (AvgIpc) is 2.92. The van der Waals surface area contributed by atoms with Crippen molar-refractivity contribution in [3.05, 3.63) is 94.0 Å². The number of benzene rings is 1. The van der Waals surface area contributed by atoms with Gasteiger partial charge in [0.1, 0.15) is 5.69 Å². The van der Waals surface area contributed by atoms with Gasteiger partial charge in [0.25, 0.3) is 5.69 Å². The Labute approximate surface area is 162 Å². The van der Waals surface area contributed by atoms with Crippen molar-refractivity contribution in [1.82, 2.24) is 14.5 Å². The van der Waals surface area contributed by atoms with Crippen molar-refractivity contribution in [2.75, 3.05) is 0 Å². The zero-order chi connectivity index (χ0) is 21.3. The molecule has 29 heavy (non-hydrogen) atoms. The molecule has 3 aromatic rings. The highest BCUT2D eigenvalue weighted by atomic mass is 16.6. The zero-order valence-corrected chi connectivity index (χ0v) is 15.3. The summed E-state index contributed by atoms with van der Waals surface area (Å²) in [5.74, 6) is 0. The Kier molecular flexibility index (Phi) is 4.96. The Bertz CT molecular complexity index is 1260. The molecule has 0 unspecified atom stereocenters. The molecule has 11 nitrogen and oxygen atoms in total. The third-order valence-electron chi connectivity index (χ3n) is 4.35. The van der Waals surface area contributed by atoms with E-state index in [4.69, 9.17) is 0 Å². The quantitative estimate of drug-likeness (QED) is 0.497. The maximum Gasteiger partial charge on any atom is 0.357 e. The van der Waals surface area contributed by atoms with Gasteiger partial charge in [-0.15, -0.1) is 0 Å². The minimum absolute atomic E-state index is 0.0260. The molecule has 2 heterocycles. The summed E-state index contributed by atoms with van der Waals surface area (Å²) in [7, 11) is 0. The number of aryl methyl sites for hydroxylation is 1. The molecule has 11 heteroatoms. The first-order chi connectivity index (χ1) is 13.7. The van der Waals surface area contributed by atoms with Crippen molar-refractivity contribution in [2.24, 2.45) is 0 Å². The third kappa shape index (κ3) is 3.74. The molecular weight excluding hydrogens is 382 g/mol. The second kappa shape index (κ2) is 7.38. The van der Waals surface area contributed by atoms with E-state index in [0.717, 1.165) is 11.4 Å². The van der Waals surface area contributed by atoms with Gasteiger partial charge >= 0.3 is 16.9 Å². The Morgan fingerprint density at radius 3 is 2.21 bits per heavy atom. The lowest BCUT2D eigenvalue weighted by Crippen LogP contribution is -2.25. The van der Waals surface area contributed by atoms with E-state index in [2.05, 4.69) is 4.98 Å². The van der Waals surface area contributed by atoms with Crippen LogP contribution in [0, 0.1) is 34.1 Å². The molecule has 2 N–H and O–H groups in total. The minimum atomic E-state index is -1.09. The predicted octanol–water partition coefficient (Wildman–Crippen LogP) is 2.46. The first-order valence-corrected chi connectivity index (χ1v) is 8.32. The van der Waals surface area contributed by atoms with Gasteiger partial charge in [-0.25, -0.2) is 4.79 Å². The number of aromatic nitrogens is 3. The Balaban J connectivity index is 2.04. The Morgan fingerprint density at radius 2 is 1.62 bits per heavy atom. The lowest BCUT2D eigenvalue weighted by Gasteiger charge is -2.09. The molecule has 3 rings (SSSR count). The summed E-state index contributed by atoms with van der Waals surface area (Å²) in [4.78, 5) is 47.8. The smallest absolute Gasteiger partial charge is 0.318 e. The number of nitro benzene ring substituents is 1. The van der Waals surface area contributed by atoms with Gasteiger partial charge in [0.05, 0.1) is 9.85 Å². The van der Waals surface area contributed by atoms with Crippen molar-refractivity contribution in [3.63, 3.8) is 0 Å². The fourth-order valence-corrected chi connectivity index (χ4v) is 3.05. The van der Waals surface area contributed by atoms with E-state index in [-0.39, 0.29) is 11.4 Å². The van der Waals surface area contributed by atoms with Crippen LogP contribution in [0.15, 0.2) is 39.9 Å². The average molecular weight is 397 g/mol. The van der Waals surface area contributed by atoms with Gasteiger partial charge in [0.2, 0.25) is 0 Å². The summed E-state index contributed by atoms with van der Waals surface area (Å²) in [5, 5.41) is 22.0. The first kappa shape index (κ1) is 19.5. The van der Waals surface area contributed by atoms with Gasteiger partial charge in [-0.2, -0.15) is 0 Å². The molecule has 0 amide bonds. The minimum Gasteiger partial charge on any atom is -0.318 e. The van der Waals surface area contributed by atoms with Crippen molar-refractivity contribution in [2.45, 2.75) is 13.8 Å². The van der Waals surface area contributed by atoms with Gasteiger partial charge in [0.15, 0.2) is 0 Å². The number of aromatic amines is 2. The highest BCUT2D eigenvalue weighted by Gasteiger charge is 2.19. The van der Waals surface area contributed by atoms with Crippen LogP contribution in [0.3, 0.4) is 0 Å². The molecule has 0 spiro atoms. The van der Waals surface area contributed by atoms with Crippen LogP contribution >= 0.6 is 0 Å². The second-order valence-electron chi connectivity index (χ2n) is 6.20. The fraction of sp³-hybridized carbons (Fsp3) is 0.111. The summed E-state index contributed by atoms with van der Waals surface area (Å²) in [5.41, 5.74) is 0.0478. The third-order valence-corrected chi connectivity index (χ3v) is 4.35. The van der Waals surface area contributed by atoms with Crippen molar-refractivity contribution < 1.29 is 9.85 Å². The largest absolute Gasteiger partial charge is 0.357 e. The Hall–Kier alpha value is -4.28. The highest BCUT2D eigenvalue weighted by Crippen LogP contribution is 2.24. The summed E-state index contributed by atoms with van der Waals surface area (Å²) in [6.45, 7) is 3.65. The molecule has 0 saturated carbocycles. The van der Waals surface area contributed by atoms with Gasteiger partial charge < -0.3 is 9.55 Å². The van der Waals surface area contributed by atoms with E-state index < -0.39 is 26.8 Å². The number of non-ortho nitro benzene ring substituents is 1. The number of hydrogen-bond acceptors (Lipinski definition) is 6. The molecule has 0 atom stereocenters. The number of H-pyrrole nitrogens is 2. The van der Waals surface area contributed by atoms with Crippen LogP contribution in [0.5, 0.6) is 0 Å². The maximum atomic E-state index is 11.7. The summed E-state index contributed by atoms with van der Waals surface area (Å²) < 4.78 is 1.86. The lowest BCUT2D eigenvalue weighted by molar-refractivity contribution is -0.386. The highest BCUT2D eigenvalue weighted by molar-refractivity contribution is 5.73. The van der Waals surface area contributed by atoms with E-state index in [9.17, 15) is 29.8 Å². The summed E-state index contributed by atoms with van der Waals surface area (Å²) in [6.07, 6.45) is 2.83. The molecule has 0 radical (unpaired) electrons. The van der Waals surface area contributed by atoms with E-state index in [1.807, 2.05) is 29.5 Å². The Morgan fingerprint density at radius 1 is 0.966 bits per heavy atom. The number of nitrogens with one attached hydrogen (secondary N) is 2. The first-order valence-electron chi connectivity index (χ1n) is 8.32. The maximum absolute atomic E-state index is 11.7. The van der Waals surface area contributed by atoms with Gasteiger partial charge in [0, 0.05) is 29.2 Å². The molecule has 1 aromatic carbocycles. The van der Waals surface area contributed by atoms with Crippen LogP contribution in [-0.4, -0.2) is 24.4 Å². The molecule has 0 aliphatic rings. The van der Waals surface area contributed by atoms with Gasteiger partial charge in [-0.3, -0.25) is 30.0 Å². The predicted molar refractivity (Wildman–Crippen MR) is 105 cm³/mol. The lowest BCUT2D eigenvalue weighted by atomic mass is 10.2. The number of nitro groups is 2. The molecular formula is C18H15N5O6. The molecule has 0 bridgehead atoms. The SMILES string of the molecule is Cc1cc(C=Cc2[nH]c(=O)[nH]c(=O)c2[N+](=O)[O-])c(C)n1-c1ccc([N+](=O)[O-])cc1. The molecule has 0 aliphatic carbocycles. The van der Waals surface area contributed by atoms with Crippen LogP contribution < -0.4 is 11.2 Å². The molecule has 0 fully saturated rings. The standard InChI is InChI=1S/C18H15N5O6/c1-10-9-12(3-8-15-16(23(28)29)17(24)20-18(25)19-15)11(2)21(10)13-4-6-14(7-5-13)22(26)27/h3-9H,1-2H3,(H2,19,20,24,25). The summed E-state index contributed by atoms with van der Waals surface area (Å²) >= 11 is 0. The van der Waals surface area contributed by atoms with E-state index >= 15 is 0 Å². The normalized spacial score (nSPS) is 11.1. The molecule has 2 aromatic heterocycles. The zero-order valence-electron chi connectivity index (χ0n) is 15.3. The van der Waals surface area contributed by atoms with Crippen molar-refractivity contribution >= 4 is 23.5 Å². The number of nitrogens with zero attached hydrogens (tertiary/aromatic N) is 3. The molecule has 0 aliphatic heterocycles. The number of rotatable bonds is 5. The van der Waals surface area contributed by atoms with E-state index in [1.165, 1.54) is 18.2 Å². The number of hydrogen-bond donors (Lipinski definition) is 2. The van der Waals surface area contributed by atoms with Gasteiger partial charge in [-0.05, 0) is 43.7 Å². The second-order valence-corrected chi connectivity index (χ2v) is 6.20. The van der Waals surface area contributed by atoms with Crippen molar-refractivity contribution in [3.8, 4) is 5.69 Å². The van der Waals surface area contributed by atoms with Crippen LogP contribution in [0.25, 0.3) is 17.8 Å². The molecule has 148 valence electrons. The monoisotopic (exact) mass is 397 g/mol. The summed E-state index contributed by atoms with van der Waals surface area (Å²) in [6, 6.07) is 7.84. The van der Waals surface area contributed by atoms with E-state index in [1.54, 1.807) is 18.2 Å². The van der Waals surface area contributed by atoms with Crippen LogP contribution in [0.1, 0.15) is 22.6 Å². The van der Waals surface area contributed by atoms with Crippen LogP contribution in [0.4, 0.5) is 11.4 Å². The van der Waals surface area contributed by atoms with Gasteiger partial charge in [-0.1, -0.05) is 6.08 Å². The van der Waals surface area contributed by atoms with E-state index in [0.29, 0.717) is 11.3 Å². The molecule has 0 saturated heterocycles. The van der Waals surface area contributed by atoms with Crippen molar-refractivity contribution in [1.29, 1.82) is 0 Å². The fourth-order valence-electron chi connectivity index (χ4n) is 3.05.